The number of aromatic nitrogens is 3. The molecule has 4 aromatic heterocycles. The third-order valence-electron chi connectivity index (χ3n) is 5.08. The van der Waals surface area contributed by atoms with Crippen molar-refractivity contribution in [3.63, 3.8) is 0 Å². The maximum Gasteiger partial charge on any atom is 0.263 e. The van der Waals surface area contributed by atoms with E-state index in [0.717, 1.165) is 31.5 Å². The Morgan fingerprint density at radius 2 is 1.88 bits per heavy atom. The summed E-state index contributed by atoms with van der Waals surface area (Å²) in [5, 5.41) is 5.52. The molecule has 162 valence electrons. The SMILES string of the molecule is COc1ccc(-c2nc(Cn3cnc4scc(-c5ccc(C)s5)c4c3=O)cs2)cc1OC. The van der Waals surface area contributed by atoms with E-state index in [9.17, 15) is 4.79 Å². The summed E-state index contributed by atoms with van der Waals surface area (Å²) in [5.74, 6) is 1.33. The Morgan fingerprint density at radius 1 is 1.03 bits per heavy atom. The fourth-order valence-electron chi connectivity index (χ4n) is 3.50. The molecule has 0 bridgehead atoms. The molecule has 4 heterocycles. The summed E-state index contributed by atoms with van der Waals surface area (Å²) in [6.45, 7) is 2.43. The van der Waals surface area contributed by atoms with Gasteiger partial charge in [-0.1, -0.05) is 0 Å². The average molecular weight is 482 g/mol. The molecule has 5 rings (SSSR count). The normalized spacial score (nSPS) is 11.2. The second-order valence-corrected chi connectivity index (χ2v) is 10.1. The molecule has 0 N–H and O–H groups in total. The number of methoxy groups -OCH3 is 2. The molecule has 0 radical (unpaired) electrons. The van der Waals surface area contributed by atoms with E-state index in [1.54, 1.807) is 36.5 Å². The first-order chi connectivity index (χ1) is 15.6. The van der Waals surface area contributed by atoms with Gasteiger partial charge in [-0.3, -0.25) is 9.36 Å². The Labute approximate surface area is 196 Å². The summed E-state index contributed by atoms with van der Waals surface area (Å²) in [4.78, 5) is 25.6. The molecule has 6 nitrogen and oxygen atoms in total. The van der Waals surface area contributed by atoms with Crippen LogP contribution in [0.5, 0.6) is 11.5 Å². The number of thiophene rings is 2. The minimum atomic E-state index is -0.0435. The molecule has 0 fully saturated rings. The van der Waals surface area contributed by atoms with Crippen LogP contribution in [0.1, 0.15) is 10.6 Å². The van der Waals surface area contributed by atoms with Crippen LogP contribution in [0.2, 0.25) is 0 Å². The van der Waals surface area contributed by atoms with Crippen LogP contribution in [0.4, 0.5) is 0 Å². The second kappa shape index (κ2) is 8.50. The molecule has 0 aliphatic carbocycles. The van der Waals surface area contributed by atoms with Crippen molar-refractivity contribution in [2.45, 2.75) is 13.5 Å². The van der Waals surface area contributed by atoms with Gasteiger partial charge >= 0.3 is 0 Å². The molecule has 1 aromatic carbocycles. The summed E-state index contributed by atoms with van der Waals surface area (Å²) in [7, 11) is 3.22. The number of benzene rings is 1. The Kier molecular flexibility index (Phi) is 5.54. The van der Waals surface area contributed by atoms with Gasteiger partial charge in [-0.2, -0.15) is 0 Å². The van der Waals surface area contributed by atoms with Crippen molar-refractivity contribution < 1.29 is 9.47 Å². The standard InChI is InChI=1S/C23H19N3O3S3/c1-13-4-7-19(32-13)16-11-31-22-20(16)23(27)26(12-24-22)9-15-10-30-21(25-15)14-5-6-17(28-2)18(8-14)29-3/h4-8,10-12H,9H2,1-3H3. The maximum absolute atomic E-state index is 13.3. The Morgan fingerprint density at radius 3 is 2.62 bits per heavy atom. The van der Waals surface area contributed by atoms with Crippen molar-refractivity contribution in [2.24, 2.45) is 0 Å². The van der Waals surface area contributed by atoms with Crippen LogP contribution >= 0.6 is 34.0 Å². The Balaban J connectivity index is 1.48. The van der Waals surface area contributed by atoms with Crippen molar-refractivity contribution in [3.05, 3.63) is 68.3 Å². The molecule has 9 heteroatoms. The van der Waals surface area contributed by atoms with Crippen LogP contribution in [-0.2, 0) is 6.54 Å². The van der Waals surface area contributed by atoms with E-state index in [1.165, 1.54) is 27.6 Å². The van der Waals surface area contributed by atoms with E-state index in [4.69, 9.17) is 14.5 Å². The zero-order valence-electron chi connectivity index (χ0n) is 17.6. The van der Waals surface area contributed by atoms with Gasteiger partial charge in [0.1, 0.15) is 9.84 Å². The number of ether oxygens (including phenoxy) is 2. The predicted octanol–water partition coefficient (Wildman–Crippen LogP) is 5.68. The van der Waals surface area contributed by atoms with Gasteiger partial charge in [0.2, 0.25) is 0 Å². The average Bonchev–Trinajstić information content (AvgIpc) is 3.55. The minimum absolute atomic E-state index is 0.0435. The fourth-order valence-corrected chi connectivity index (χ4v) is 6.17. The molecular formula is C23H19N3O3S3. The number of rotatable bonds is 6. The number of hydrogen-bond donors (Lipinski definition) is 0. The molecule has 0 spiro atoms. The number of aryl methyl sites for hydroxylation is 1. The Bertz CT molecular complexity index is 1480. The van der Waals surface area contributed by atoms with Gasteiger partial charge in [0.25, 0.3) is 5.56 Å². The molecule has 0 saturated carbocycles. The molecule has 0 atom stereocenters. The molecular weight excluding hydrogens is 462 g/mol. The van der Waals surface area contributed by atoms with Crippen molar-refractivity contribution in [1.29, 1.82) is 0 Å². The van der Waals surface area contributed by atoms with Crippen LogP contribution in [0.3, 0.4) is 0 Å². The first-order valence-electron chi connectivity index (χ1n) is 9.77. The molecule has 5 aromatic rings. The smallest absolute Gasteiger partial charge is 0.263 e. The molecule has 0 saturated heterocycles. The van der Waals surface area contributed by atoms with Crippen molar-refractivity contribution in [2.75, 3.05) is 14.2 Å². The van der Waals surface area contributed by atoms with Crippen LogP contribution in [0.25, 0.3) is 31.2 Å². The van der Waals surface area contributed by atoms with Gasteiger partial charge in [0, 0.05) is 31.6 Å². The summed E-state index contributed by atoms with van der Waals surface area (Å²) in [5.41, 5.74) is 2.66. The molecule has 32 heavy (non-hydrogen) atoms. The van der Waals surface area contributed by atoms with Crippen molar-refractivity contribution >= 4 is 44.2 Å². The number of nitrogens with zero attached hydrogens (tertiary/aromatic N) is 3. The van der Waals surface area contributed by atoms with Crippen molar-refractivity contribution in [1.82, 2.24) is 14.5 Å². The number of hydrogen-bond acceptors (Lipinski definition) is 8. The van der Waals surface area contributed by atoms with Crippen LogP contribution in [0.15, 0.2) is 52.2 Å². The fraction of sp³-hybridized carbons (Fsp3) is 0.174. The lowest BCUT2D eigenvalue weighted by Gasteiger charge is -2.08. The van der Waals surface area contributed by atoms with Crippen LogP contribution in [-0.4, -0.2) is 28.8 Å². The highest BCUT2D eigenvalue weighted by Gasteiger charge is 2.16. The highest BCUT2D eigenvalue weighted by Crippen LogP contribution is 2.35. The largest absolute Gasteiger partial charge is 0.493 e. The number of fused-ring (bicyclic) bond motifs is 1. The van der Waals surface area contributed by atoms with E-state index in [1.807, 2.05) is 29.0 Å². The summed E-state index contributed by atoms with van der Waals surface area (Å²) in [6.07, 6.45) is 1.61. The van der Waals surface area contributed by atoms with E-state index in [2.05, 4.69) is 24.0 Å². The van der Waals surface area contributed by atoms with E-state index in [0.29, 0.717) is 23.4 Å². The van der Waals surface area contributed by atoms with E-state index in [-0.39, 0.29) is 5.56 Å². The second-order valence-electron chi connectivity index (χ2n) is 7.13. The first-order valence-corrected chi connectivity index (χ1v) is 12.3. The lowest BCUT2D eigenvalue weighted by atomic mass is 10.2. The third-order valence-corrected chi connectivity index (χ3v) is 7.94. The van der Waals surface area contributed by atoms with Gasteiger partial charge in [0.15, 0.2) is 11.5 Å². The maximum atomic E-state index is 13.3. The van der Waals surface area contributed by atoms with Gasteiger partial charge in [0.05, 0.1) is 38.2 Å². The quantitative estimate of drug-likeness (QED) is 0.312. The monoisotopic (exact) mass is 481 g/mol. The van der Waals surface area contributed by atoms with Gasteiger partial charge in [-0.05, 0) is 37.3 Å². The third kappa shape index (κ3) is 3.72. The molecule has 0 aliphatic heterocycles. The summed E-state index contributed by atoms with van der Waals surface area (Å²) in [6, 6.07) is 9.85. The van der Waals surface area contributed by atoms with Crippen molar-refractivity contribution in [3.8, 4) is 32.5 Å². The predicted molar refractivity (Wildman–Crippen MR) is 132 cm³/mol. The summed E-state index contributed by atoms with van der Waals surface area (Å²) < 4.78 is 12.3. The van der Waals surface area contributed by atoms with Gasteiger partial charge < -0.3 is 9.47 Å². The topological polar surface area (TPSA) is 66.2 Å². The molecule has 0 amide bonds. The zero-order chi connectivity index (χ0) is 22.2. The number of thiazole rings is 1. The lowest BCUT2D eigenvalue weighted by Crippen LogP contribution is -2.21. The van der Waals surface area contributed by atoms with Crippen LogP contribution < -0.4 is 15.0 Å². The first kappa shape index (κ1) is 20.9. The van der Waals surface area contributed by atoms with Gasteiger partial charge in [-0.15, -0.1) is 34.0 Å². The summed E-state index contributed by atoms with van der Waals surface area (Å²) >= 11 is 4.72. The Hall–Kier alpha value is -3.01. The minimum Gasteiger partial charge on any atom is -0.493 e. The zero-order valence-corrected chi connectivity index (χ0v) is 20.1. The molecule has 0 unspecified atom stereocenters. The highest BCUT2D eigenvalue weighted by molar-refractivity contribution is 7.19. The van der Waals surface area contributed by atoms with Crippen LogP contribution in [0, 0.1) is 6.92 Å². The van der Waals surface area contributed by atoms with Gasteiger partial charge in [-0.25, -0.2) is 9.97 Å². The van der Waals surface area contributed by atoms with E-state index >= 15 is 0 Å². The molecule has 0 aliphatic rings. The lowest BCUT2D eigenvalue weighted by molar-refractivity contribution is 0.355. The highest BCUT2D eigenvalue weighted by atomic mass is 32.1. The van der Waals surface area contributed by atoms with E-state index < -0.39 is 0 Å².